The van der Waals surface area contributed by atoms with Crippen LogP contribution in [0.15, 0.2) is 5.16 Å². The van der Waals surface area contributed by atoms with Gasteiger partial charge in [-0.2, -0.15) is 9.36 Å². The molecule has 0 aliphatic rings. The van der Waals surface area contributed by atoms with Crippen molar-refractivity contribution < 1.29 is 9.90 Å². The molecule has 0 aromatic carbocycles. The minimum Gasteiger partial charge on any atom is -0.395 e. The first kappa shape index (κ1) is 17.4. The van der Waals surface area contributed by atoms with E-state index in [4.69, 9.17) is 5.11 Å². The number of hydrogen-bond acceptors (Lipinski definition) is 7. The molecular weight excluding hydrogens is 296 g/mol. The molecule has 1 heterocycles. The fourth-order valence-corrected chi connectivity index (χ4v) is 2.92. The van der Waals surface area contributed by atoms with E-state index in [1.807, 2.05) is 18.7 Å². The van der Waals surface area contributed by atoms with Crippen molar-refractivity contribution in [3.05, 3.63) is 0 Å². The van der Waals surface area contributed by atoms with Crippen LogP contribution in [0.25, 0.3) is 0 Å². The molecule has 1 amide bonds. The van der Waals surface area contributed by atoms with Gasteiger partial charge in [0.2, 0.25) is 16.2 Å². The minimum absolute atomic E-state index is 0.0437. The summed E-state index contributed by atoms with van der Waals surface area (Å²) in [5.74, 6) is 0.845. The summed E-state index contributed by atoms with van der Waals surface area (Å²) < 4.78 is 4.18. The van der Waals surface area contributed by atoms with Gasteiger partial charge >= 0.3 is 0 Å². The molecule has 2 N–H and O–H groups in total. The molecule has 6 nitrogen and oxygen atoms in total. The first-order valence-corrected chi connectivity index (χ1v) is 8.44. The van der Waals surface area contributed by atoms with Gasteiger partial charge in [-0.25, -0.2) is 0 Å². The Hall–Kier alpha value is -0.700. The number of thioether (sulfide) groups is 1. The summed E-state index contributed by atoms with van der Waals surface area (Å²) in [5.41, 5.74) is 0. The molecule has 0 bridgehead atoms. The van der Waals surface area contributed by atoms with Crippen LogP contribution in [0.2, 0.25) is 0 Å². The summed E-state index contributed by atoms with van der Waals surface area (Å²) in [5, 5.41) is 13.0. The number of nitrogens with zero attached hydrogens (tertiary/aromatic N) is 3. The standard InChI is InChI=1S/C12H22N4O2S2/c1-4-7-19-12-14-11(20-15-12)13-10(18)8-16(5-6-17)9(2)3/h9,17H,4-8H2,1-3H3,(H,13,14,15,18). The fourth-order valence-electron chi connectivity index (χ4n) is 1.50. The molecule has 1 aromatic heterocycles. The summed E-state index contributed by atoms with van der Waals surface area (Å²) >= 11 is 2.78. The van der Waals surface area contributed by atoms with Gasteiger partial charge in [-0.1, -0.05) is 18.7 Å². The average Bonchev–Trinajstić information content (AvgIpc) is 2.83. The Kier molecular flexibility index (Phi) is 8.05. The van der Waals surface area contributed by atoms with Crippen molar-refractivity contribution in [3.8, 4) is 0 Å². The van der Waals surface area contributed by atoms with Crippen LogP contribution < -0.4 is 5.32 Å². The first-order valence-electron chi connectivity index (χ1n) is 6.68. The Morgan fingerprint density at radius 1 is 1.55 bits per heavy atom. The van der Waals surface area contributed by atoms with Crippen LogP contribution in [-0.4, -0.2) is 56.8 Å². The topological polar surface area (TPSA) is 78.4 Å². The second-order valence-corrected chi connectivity index (χ2v) is 6.38. The lowest BCUT2D eigenvalue weighted by molar-refractivity contribution is -0.117. The van der Waals surface area contributed by atoms with E-state index in [9.17, 15) is 4.79 Å². The highest BCUT2D eigenvalue weighted by molar-refractivity contribution is 7.99. The van der Waals surface area contributed by atoms with Gasteiger partial charge in [0.15, 0.2) is 0 Å². The lowest BCUT2D eigenvalue weighted by Gasteiger charge is -2.24. The number of carbonyl (C=O) groups excluding carboxylic acids is 1. The Balaban J connectivity index is 2.46. The van der Waals surface area contributed by atoms with Crippen LogP contribution in [0.3, 0.4) is 0 Å². The largest absolute Gasteiger partial charge is 0.395 e. The van der Waals surface area contributed by atoms with E-state index < -0.39 is 0 Å². The van der Waals surface area contributed by atoms with Crippen LogP contribution in [0.4, 0.5) is 5.13 Å². The van der Waals surface area contributed by atoms with Crippen LogP contribution in [0.1, 0.15) is 27.2 Å². The SMILES string of the molecule is CCCSc1nsc(NC(=O)CN(CCO)C(C)C)n1. The summed E-state index contributed by atoms with van der Waals surface area (Å²) in [6.45, 7) is 6.86. The Bertz CT molecular complexity index is 412. The van der Waals surface area contributed by atoms with Crippen LogP contribution in [-0.2, 0) is 4.79 Å². The fraction of sp³-hybridized carbons (Fsp3) is 0.750. The summed E-state index contributed by atoms with van der Waals surface area (Å²) in [4.78, 5) is 18.1. The summed E-state index contributed by atoms with van der Waals surface area (Å²) in [7, 11) is 0. The van der Waals surface area contributed by atoms with Gasteiger partial charge in [0, 0.05) is 29.9 Å². The van der Waals surface area contributed by atoms with E-state index >= 15 is 0 Å². The number of aromatic nitrogens is 2. The summed E-state index contributed by atoms with van der Waals surface area (Å²) in [6.07, 6.45) is 1.07. The lowest BCUT2D eigenvalue weighted by Crippen LogP contribution is -2.39. The second-order valence-electron chi connectivity index (χ2n) is 4.57. The van der Waals surface area contributed by atoms with Gasteiger partial charge in [-0.3, -0.25) is 15.0 Å². The van der Waals surface area contributed by atoms with Crippen LogP contribution in [0, 0.1) is 0 Å². The van der Waals surface area contributed by atoms with Crippen molar-refractivity contribution in [1.29, 1.82) is 0 Å². The molecule has 0 radical (unpaired) electrons. The highest BCUT2D eigenvalue weighted by Gasteiger charge is 2.15. The van der Waals surface area contributed by atoms with Crippen molar-refractivity contribution >= 4 is 34.3 Å². The number of amides is 1. The number of hydrogen-bond donors (Lipinski definition) is 2. The maximum absolute atomic E-state index is 11.9. The molecule has 0 saturated heterocycles. The average molecular weight is 318 g/mol. The number of carbonyl (C=O) groups is 1. The molecular formula is C12H22N4O2S2. The third-order valence-corrected chi connectivity index (χ3v) is 4.35. The van der Waals surface area contributed by atoms with E-state index in [-0.39, 0.29) is 25.1 Å². The monoisotopic (exact) mass is 318 g/mol. The van der Waals surface area contributed by atoms with Gasteiger partial charge in [0.25, 0.3) is 0 Å². The Morgan fingerprint density at radius 3 is 2.90 bits per heavy atom. The van der Waals surface area contributed by atoms with Crippen molar-refractivity contribution in [1.82, 2.24) is 14.3 Å². The maximum atomic E-state index is 11.9. The number of rotatable bonds is 9. The zero-order chi connectivity index (χ0) is 15.0. The summed E-state index contributed by atoms with van der Waals surface area (Å²) in [6, 6.07) is 0.206. The number of aliphatic hydroxyl groups excluding tert-OH is 1. The van der Waals surface area contributed by atoms with Crippen LogP contribution in [0.5, 0.6) is 0 Å². The van der Waals surface area contributed by atoms with E-state index in [1.54, 1.807) is 11.8 Å². The molecule has 1 rings (SSSR count). The zero-order valence-corrected chi connectivity index (χ0v) is 13.8. The third kappa shape index (κ3) is 6.17. The molecule has 8 heteroatoms. The van der Waals surface area contributed by atoms with E-state index in [0.29, 0.717) is 16.8 Å². The number of aliphatic hydroxyl groups is 1. The van der Waals surface area contributed by atoms with Crippen molar-refractivity contribution in [2.75, 3.05) is 30.8 Å². The van der Waals surface area contributed by atoms with Crippen molar-refractivity contribution in [3.63, 3.8) is 0 Å². The van der Waals surface area contributed by atoms with E-state index in [1.165, 1.54) is 11.5 Å². The molecule has 0 atom stereocenters. The highest BCUT2D eigenvalue weighted by Crippen LogP contribution is 2.20. The predicted molar refractivity (Wildman–Crippen MR) is 83.3 cm³/mol. The second kappa shape index (κ2) is 9.28. The predicted octanol–water partition coefficient (Wildman–Crippen LogP) is 1.68. The minimum atomic E-state index is -0.129. The molecule has 1 aromatic rings. The smallest absolute Gasteiger partial charge is 0.240 e. The zero-order valence-electron chi connectivity index (χ0n) is 12.1. The van der Waals surface area contributed by atoms with Crippen LogP contribution >= 0.6 is 23.3 Å². The molecule has 0 aliphatic carbocycles. The molecule has 0 fully saturated rings. The molecule has 0 aliphatic heterocycles. The van der Waals surface area contributed by atoms with Crippen molar-refractivity contribution in [2.24, 2.45) is 0 Å². The third-order valence-electron chi connectivity index (χ3n) is 2.55. The molecule has 0 spiro atoms. The molecule has 0 unspecified atom stereocenters. The van der Waals surface area contributed by atoms with E-state index in [2.05, 4.69) is 21.6 Å². The van der Waals surface area contributed by atoms with Crippen molar-refractivity contribution in [2.45, 2.75) is 38.4 Å². The molecule has 114 valence electrons. The lowest BCUT2D eigenvalue weighted by atomic mass is 10.3. The molecule has 20 heavy (non-hydrogen) atoms. The highest BCUT2D eigenvalue weighted by atomic mass is 32.2. The maximum Gasteiger partial charge on any atom is 0.240 e. The van der Waals surface area contributed by atoms with Gasteiger partial charge in [0.05, 0.1) is 13.2 Å². The normalized spacial score (nSPS) is 11.3. The number of nitrogens with one attached hydrogen (secondary N) is 1. The van der Waals surface area contributed by atoms with Gasteiger partial charge in [0.1, 0.15) is 0 Å². The van der Waals surface area contributed by atoms with Gasteiger partial charge in [-0.15, -0.1) is 0 Å². The molecule has 0 saturated carbocycles. The van der Waals surface area contributed by atoms with E-state index in [0.717, 1.165) is 12.2 Å². The quantitative estimate of drug-likeness (QED) is 0.675. The Labute approximate surface area is 128 Å². The van der Waals surface area contributed by atoms with Gasteiger partial charge < -0.3 is 5.11 Å². The Morgan fingerprint density at radius 2 is 2.30 bits per heavy atom. The number of anilines is 1. The first-order chi connectivity index (χ1) is 9.56. The van der Waals surface area contributed by atoms with Gasteiger partial charge in [-0.05, 0) is 20.3 Å².